The molecule has 0 spiro atoms. The molecule has 0 aliphatic rings. The molecule has 0 fully saturated rings. The van der Waals surface area contributed by atoms with Gasteiger partial charge in [0.2, 0.25) is 5.91 Å². The molecule has 1 amide bonds. The van der Waals surface area contributed by atoms with Gasteiger partial charge >= 0.3 is 0 Å². The number of hydrogen-bond donors (Lipinski definition) is 2. The molecule has 0 saturated carbocycles. The van der Waals surface area contributed by atoms with E-state index in [1.165, 1.54) is 12.1 Å². The number of amides is 1. The summed E-state index contributed by atoms with van der Waals surface area (Å²) >= 11 is 8.86. The Morgan fingerprint density at radius 1 is 1.25 bits per heavy atom. The molecule has 3 nitrogen and oxygen atoms in total. The van der Waals surface area contributed by atoms with Crippen LogP contribution in [0.1, 0.15) is 11.6 Å². The molecule has 2 aromatic rings. The van der Waals surface area contributed by atoms with Crippen LogP contribution in [0.5, 0.6) is 0 Å². The molecule has 1 atom stereocenters. The Balaban J connectivity index is 2.29. The molecule has 3 N–H and O–H groups in total. The minimum absolute atomic E-state index is 0.330. The van der Waals surface area contributed by atoms with Crippen LogP contribution in [0.2, 0.25) is 5.02 Å². The Kier molecular flexibility index (Phi) is 4.62. The first-order chi connectivity index (χ1) is 9.47. The number of benzene rings is 2. The minimum atomic E-state index is -0.821. The number of hydrogen-bond acceptors (Lipinski definition) is 2. The molecule has 0 bridgehead atoms. The average Bonchev–Trinajstić information content (AvgIpc) is 2.41. The SMILES string of the molecule is NC(=O)C(Nc1ccc(Cl)cc1)c1ccc(Br)c(F)c1. The van der Waals surface area contributed by atoms with Crippen LogP contribution < -0.4 is 11.1 Å². The van der Waals surface area contributed by atoms with Crippen molar-refractivity contribution in [2.24, 2.45) is 5.73 Å². The lowest BCUT2D eigenvalue weighted by molar-refractivity contribution is -0.118. The van der Waals surface area contributed by atoms with Crippen LogP contribution in [0, 0.1) is 5.82 Å². The monoisotopic (exact) mass is 356 g/mol. The number of primary amides is 1. The number of nitrogens with two attached hydrogens (primary N) is 1. The summed E-state index contributed by atoms with van der Waals surface area (Å²) in [5, 5.41) is 3.54. The van der Waals surface area contributed by atoms with Crippen molar-refractivity contribution in [3.63, 3.8) is 0 Å². The van der Waals surface area contributed by atoms with Gasteiger partial charge in [-0.05, 0) is 57.9 Å². The molecule has 6 heteroatoms. The molecule has 104 valence electrons. The highest BCUT2D eigenvalue weighted by Gasteiger charge is 2.18. The molecule has 0 radical (unpaired) electrons. The summed E-state index contributed by atoms with van der Waals surface area (Å²) in [4.78, 5) is 11.6. The van der Waals surface area contributed by atoms with Crippen molar-refractivity contribution in [2.75, 3.05) is 5.32 Å². The summed E-state index contributed by atoms with van der Waals surface area (Å²) in [6.45, 7) is 0. The van der Waals surface area contributed by atoms with Gasteiger partial charge in [-0.3, -0.25) is 4.79 Å². The summed E-state index contributed by atoms with van der Waals surface area (Å²) < 4.78 is 13.9. The average molecular weight is 358 g/mol. The molecular formula is C14H11BrClFN2O. The fourth-order valence-corrected chi connectivity index (χ4v) is 2.10. The second-order valence-electron chi connectivity index (χ2n) is 4.16. The number of anilines is 1. The van der Waals surface area contributed by atoms with Gasteiger partial charge in [0.1, 0.15) is 11.9 Å². The van der Waals surface area contributed by atoms with Crippen molar-refractivity contribution in [2.45, 2.75) is 6.04 Å². The lowest BCUT2D eigenvalue weighted by Crippen LogP contribution is -2.27. The Bertz CT molecular complexity index is 634. The number of rotatable bonds is 4. The van der Waals surface area contributed by atoms with E-state index in [-0.39, 0.29) is 0 Å². The molecule has 0 aliphatic heterocycles. The predicted molar refractivity (Wildman–Crippen MR) is 81.1 cm³/mol. The van der Waals surface area contributed by atoms with E-state index in [4.69, 9.17) is 17.3 Å². The number of carbonyl (C=O) groups is 1. The largest absolute Gasteiger partial charge is 0.370 e. The van der Waals surface area contributed by atoms with Gasteiger partial charge < -0.3 is 11.1 Å². The first-order valence-corrected chi connectivity index (χ1v) is 6.91. The fraction of sp³-hybridized carbons (Fsp3) is 0.0714. The maximum absolute atomic E-state index is 13.6. The van der Waals surface area contributed by atoms with Crippen LogP contribution in [0.4, 0.5) is 10.1 Å². The van der Waals surface area contributed by atoms with Crippen LogP contribution in [0.25, 0.3) is 0 Å². The third-order valence-corrected chi connectivity index (χ3v) is 3.61. The molecule has 0 saturated heterocycles. The Hall–Kier alpha value is -1.59. The second kappa shape index (κ2) is 6.24. The highest BCUT2D eigenvalue weighted by atomic mass is 79.9. The molecule has 0 aliphatic carbocycles. The topological polar surface area (TPSA) is 55.1 Å². The highest BCUT2D eigenvalue weighted by molar-refractivity contribution is 9.10. The van der Waals surface area contributed by atoms with Gasteiger partial charge in [-0.25, -0.2) is 4.39 Å². The summed E-state index contributed by atoms with van der Waals surface area (Å²) in [7, 11) is 0. The van der Waals surface area contributed by atoms with Crippen molar-refractivity contribution < 1.29 is 9.18 Å². The summed E-state index contributed by atoms with van der Waals surface area (Å²) in [5.74, 6) is -1.05. The molecule has 1 unspecified atom stereocenters. The predicted octanol–water partition coefficient (Wildman–Crippen LogP) is 3.88. The minimum Gasteiger partial charge on any atom is -0.370 e. The Morgan fingerprint density at radius 3 is 2.45 bits per heavy atom. The van der Waals surface area contributed by atoms with Crippen LogP contribution in [0.15, 0.2) is 46.9 Å². The van der Waals surface area contributed by atoms with E-state index in [2.05, 4.69) is 21.2 Å². The molecular weight excluding hydrogens is 347 g/mol. The number of nitrogens with one attached hydrogen (secondary N) is 1. The lowest BCUT2D eigenvalue weighted by atomic mass is 10.1. The zero-order valence-electron chi connectivity index (χ0n) is 10.2. The smallest absolute Gasteiger partial charge is 0.244 e. The third-order valence-electron chi connectivity index (χ3n) is 2.72. The van der Waals surface area contributed by atoms with Crippen molar-refractivity contribution in [3.8, 4) is 0 Å². The van der Waals surface area contributed by atoms with Gasteiger partial charge in [0, 0.05) is 10.7 Å². The summed E-state index contributed by atoms with van der Waals surface area (Å²) in [6.07, 6.45) is 0. The fourth-order valence-electron chi connectivity index (χ4n) is 1.72. The van der Waals surface area contributed by atoms with Crippen molar-refractivity contribution in [3.05, 3.63) is 63.3 Å². The van der Waals surface area contributed by atoms with E-state index in [1.807, 2.05) is 0 Å². The van der Waals surface area contributed by atoms with E-state index in [1.54, 1.807) is 30.3 Å². The quantitative estimate of drug-likeness (QED) is 0.872. The maximum atomic E-state index is 13.6. The van der Waals surface area contributed by atoms with Gasteiger partial charge in [0.05, 0.1) is 4.47 Å². The molecule has 20 heavy (non-hydrogen) atoms. The number of halogens is 3. The lowest BCUT2D eigenvalue weighted by Gasteiger charge is -2.17. The zero-order chi connectivity index (χ0) is 14.7. The highest BCUT2D eigenvalue weighted by Crippen LogP contribution is 2.24. The van der Waals surface area contributed by atoms with Crippen LogP contribution in [-0.4, -0.2) is 5.91 Å². The van der Waals surface area contributed by atoms with Crippen molar-refractivity contribution >= 4 is 39.1 Å². The van der Waals surface area contributed by atoms with Gasteiger partial charge in [-0.1, -0.05) is 17.7 Å². The molecule has 2 rings (SSSR count). The molecule has 0 heterocycles. The van der Waals surface area contributed by atoms with E-state index in [0.29, 0.717) is 20.7 Å². The zero-order valence-corrected chi connectivity index (χ0v) is 12.6. The normalized spacial score (nSPS) is 11.9. The maximum Gasteiger partial charge on any atom is 0.244 e. The van der Waals surface area contributed by atoms with Gasteiger partial charge in [-0.2, -0.15) is 0 Å². The Morgan fingerprint density at radius 2 is 1.90 bits per heavy atom. The first kappa shape index (κ1) is 14.8. The van der Waals surface area contributed by atoms with Gasteiger partial charge in [0.25, 0.3) is 0 Å². The number of carbonyl (C=O) groups excluding carboxylic acids is 1. The van der Waals surface area contributed by atoms with E-state index >= 15 is 0 Å². The van der Waals surface area contributed by atoms with Gasteiger partial charge in [-0.15, -0.1) is 0 Å². The molecule has 0 aromatic heterocycles. The van der Waals surface area contributed by atoms with Crippen LogP contribution in [-0.2, 0) is 4.79 Å². The third kappa shape index (κ3) is 3.49. The van der Waals surface area contributed by atoms with E-state index < -0.39 is 17.8 Å². The van der Waals surface area contributed by atoms with Gasteiger partial charge in [0.15, 0.2) is 0 Å². The summed E-state index contributed by atoms with van der Waals surface area (Å²) in [5.41, 5.74) is 6.49. The first-order valence-electron chi connectivity index (χ1n) is 5.74. The van der Waals surface area contributed by atoms with Crippen LogP contribution in [0.3, 0.4) is 0 Å². The Labute approximate surface area is 129 Å². The van der Waals surface area contributed by atoms with E-state index in [9.17, 15) is 9.18 Å². The standard InChI is InChI=1S/C14H11BrClFN2O/c15-11-6-1-8(7-12(11)17)13(14(18)20)19-10-4-2-9(16)3-5-10/h1-7,13,19H,(H2,18,20). The van der Waals surface area contributed by atoms with Crippen molar-refractivity contribution in [1.82, 2.24) is 0 Å². The van der Waals surface area contributed by atoms with E-state index in [0.717, 1.165) is 0 Å². The van der Waals surface area contributed by atoms with Crippen molar-refractivity contribution in [1.29, 1.82) is 0 Å². The van der Waals surface area contributed by atoms with Crippen LogP contribution >= 0.6 is 27.5 Å². The second-order valence-corrected chi connectivity index (χ2v) is 5.45. The summed E-state index contributed by atoms with van der Waals surface area (Å²) in [6, 6.07) is 10.4. The molecule has 2 aromatic carbocycles.